The Balaban J connectivity index is 0.000000711. The highest BCUT2D eigenvalue weighted by molar-refractivity contribution is 5.68. The lowest BCUT2D eigenvalue weighted by molar-refractivity contribution is 0.0199. The molecule has 17 nitrogen and oxygen atoms in total. The van der Waals surface area contributed by atoms with E-state index in [1.165, 1.54) is 123 Å². The molecular weight excluding hydrogens is 1560 g/mol. The number of hydrogen-bond acceptors (Lipinski definition) is 15. The van der Waals surface area contributed by atoms with Gasteiger partial charge in [-0.05, 0) is 211 Å². The van der Waals surface area contributed by atoms with E-state index in [1.54, 1.807) is 17.4 Å². The van der Waals surface area contributed by atoms with Crippen molar-refractivity contribution in [1.82, 2.24) is 63.9 Å². The van der Waals surface area contributed by atoms with Gasteiger partial charge in [-0.25, -0.2) is 9.78 Å². The van der Waals surface area contributed by atoms with Gasteiger partial charge in [0.2, 0.25) is 0 Å². The Morgan fingerprint density at radius 2 is 0.833 bits per heavy atom. The molecule has 0 spiro atoms. The second-order valence-corrected chi connectivity index (χ2v) is 40.7. The molecule has 8 fully saturated rings. The maximum absolute atomic E-state index is 11.9. The van der Waals surface area contributed by atoms with Crippen molar-refractivity contribution in [2.75, 3.05) is 198 Å². The summed E-state index contributed by atoms with van der Waals surface area (Å²) >= 11 is 0. The largest absolute Gasteiger partial charge is 0.444 e. The van der Waals surface area contributed by atoms with Gasteiger partial charge in [-0.3, -0.25) is 29.4 Å². The van der Waals surface area contributed by atoms with Crippen LogP contribution in [0.1, 0.15) is 263 Å². The predicted molar refractivity (Wildman–Crippen MR) is 539 cm³/mol. The lowest BCUT2D eigenvalue weighted by Crippen LogP contribution is -2.47. The van der Waals surface area contributed by atoms with Crippen LogP contribution in [0.3, 0.4) is 0 Å². The second kappa shape index (κ2) is 69.0. The highest BCUT2D eigenvalue weighted by Crippen LogP contribution is 2.28. The zero-order valence-corrected chi connectivity index (χ0v) is 86.4. The summed E-state index contributed by atoms with van der Waals surface area (Å²) in [6, 6.07) is 0.777. The second-order valence-electron chi connectivity index (χ2n) is 40.7. The molecule has 0 radical (unpaired) electrons. The summed E-state index contributed by atoms with van der Waals surface area (Å²) in [7, 11) is 6.54. The highest BCUT2D eigenvalue weighted by atomic mass is 16.6. The molecule has 0 bridgehead atoms. The van der Waals surface area contributed by atoms with Crippen LogP contribution < -0.4 is 5.32 Å². The van der Waals surface area contributed by atoms with Gasteiger partial charge in [0.25, 0.3) is 0 Å². The topological polar surface area (TPSA) is 129 Å². The van der Waals surface area contributed by atoms with E-state index in [0.29, 0.717) is 95.7 Å². The molecule has 1 amide bonds. The molecule has 714 valence electrons. The molecule has 0 unspecified atom stereocenters. The van der Waals surface area contributed by atoms with Crippen LogP contribution in [0.15, 0.2) is 18.7 Å². The molecule has 9 heterocycles. The number of likely N-dealkylation sites (N-methyl/N-ethyl adjacent to an activating group) is 2. The third-order valence-electron chi connectivity index (χ3n) is 22.7. The molecular formula is C109H189N13O4. The van der Waals surface area contributed by atoms with Gasteiger partial charge in [0.05, 0.1) is 51.1 Å². The Hall–Kier alpha value is -5.96. The third kappa shape index (κ3) is 63.1. The smallest absolute Gasteiger partial charge is 0.410 e. The van der Waals surface area contributed by atoms with E-state index < -0.39 is 5.60 Å². The normalized spacial score (nSPS) is 18.6. The Morgan fingerprint density at radius 1 is 0.460 bits per heavy atom. The first-order valence-electron chi connectivity index (χ1n) is 49.3. The third-order valence-corrected chi connectivity index (χ3v) is 22.7. The minimum atomic E-state index is -0.411. The zero-order chi connectivity index (χ0) is 94.5. The fourth-order valence-electron chi connectivity index (χ4n) is 14.5. The molecule has 3 N–H and O–H groups in total. The van der Waals surface area contributed by atoms with Gasteiger partial charge in [-0.2, -0.15) is 0 Å². The van der Waals surface area contributed by atoms with Crippen molar-refractivity contribution < 1.29 is 19.7 Å². The predicted octanol–water partition coefficient (Wildman–Crippen LogP) is 16.7. The van der Waals surface area contributed by atoms with Crippen LogP contribution in [0.5, 0.6) is 0 Å². The number of piperidine rings is 6. The Labute approximate surface area is 778 Å². The molecule has 1 aromatic heterocycles. The number of imidazole rings is 1. The number of carbonyl (C=O) groups excluding carboxylic acids is 1. The van der Waals surface area contributed by atoms with Crippen LogP contribution in [0.2, 0.25) is 0 Å². The minimum Gasteiger partial charge on any atom is -0.444 e. The average molecular weight is 1750 g/mol. The number of ether oxygens (including phenoxy) is 1. The van der Waals surface area contributed by atoms with Crippen molar-refractivity contribution in [3.8, 4) is 107 Å². The van der Waals surface area contributed by atoms with Crippen LogP contribution >= 0.6 is 0 Å². The molecule has 8 saturated heterocycles. The van der Waals surface area contributed by atoms with Gasteiger partial charge in [-0.1, -0.05) is 233 Å². The number of amides is 1. The molecule has 8 aliphatic rings. The average Bonchev–Trinajstić information content (AvgIpc) is 0.891. The first-order valence-corrected chi connectivity index (χ1v) is 49.3. The minimum absolute atomic E-state index is 0.0231. The number of nitrogens with zero attached hydrogens (tertiary/aromatic N) is 12. The number of nitrogens with one attached hydrogen (secondary N) is 1. The summed E-state index contributed by atoms with van der Waals surface area (Å²) in [5.41, 5.74) is -0.0695. The van der Waals surface area contributed by atoms with Crippen LogP contribution in [0.4, 0.5) is 4.79 Å². The highest BCUT2D eigenvalue weighted by Gasteiger charge is 2.31. The molecule has 0 aromatic carbocycles. The van der Waals surface area contributed by atoms with E-state index in [2.05, 4.69) is 341 Å². The van der Waals surface area contributed by atoms with Crippen LogP contribution in [0, 0.1) is 184 Å². The first-order chi connectivity index (χ1) is 59.5. The molecule has 0 atom stereocenters. The van der Waals surface area contributed by atoms with Crippen molar-refractivity contribution in [1.29, 1.82) is 0 Å². The van der Waals surface area contributed by atoms with Crippen molar-refractivity contribution in [2.24, 2.45) is 76.9 Å². The van der Waals surface area contributed by atoms with Gasteiger partial charge in [0, 0.05) is 181 Å². The summed E-state index contributed by atoms with van der Waals surface area (Å²) < 4.78 is 7.32. The number of hydrogen-bond donors (Lipinski definition) is 3. The Bertz CT molecular complexity index is 3510. The van der Waals surface area contributed by atoms with Gasteiger partial charge in [-0.15, -0.1) is 11.8 Å². The molecule has 17 heteroatoms. The molecule has 1 aromatic rings. The number of aromatic nitrogens is 2. The van der Waals surface area contributed by atoms with Crippen LogP contribution in [0.25, 0.3) is 0 Å². The van der Waals surface area contributed by atoms with Crippen LogP contribution in [-0.2, 0) is 11.3 Å². The molecule has 0 saturated carbocycles. The summed E-state index contributed by atoms with van der Waals surface area (Å²) in [6.45, 7) is 83.8. The number of piperazine rings is 2. The summed E-state index contributed by atoms with van der Waals surface area (Å²) in [4.78, 5) is 39.4. The number of aliphatic hydroxyl groups is 2. The fourth-order valence-corrected chi connectivity index (χ4v) is 14.5. The van der Waals surface area contributed by atoms with E-state index in [1.807, 2.05) is 31.5 Å². The number of carbonyl (C=O) groups is 1. The SMILES string of the molecule is CC(C)C#CC(C)(C)N1CCC(CO)CC1.CC(C)C#CC1CCN(C(=O)OC(C)(C)C)CC1.CC(C)C#CC1CCNCC1.CC(C)C#CCN1CCC(CO)CC1.CC(C)C#CCN1CCC(N(C)C)CC1.CC(C)C#CCN1CCCCC1(C)C.CC(C)C#CCN1CCN(C)CC1.CC(C)C#CCn1ccnc1.CCN1CCN(CC#CC(C)C)CC1. The molecule has 0 aliphatic carbocycles. The Morgan fingerprint density at radius 3 is 1.21 bits per heavy atom. The first kappa shape index (κ1) is 118. The summed E-state index contributed by atoms with van der Waals surface area (Å²) in [5, 5.41) is 21.4. The monoisotopic (exact) mass is 1740 g/mol. The summed E-state index contributed by atoms with van der Waals surface area (Å²) in [6.07, 6.45) is 20.7. The quantitative estimate of drug-likeness (QED) is 0.182. The van der Waals surface area contributed by atoms with E-state index in [0.717, 1.165) is 136 Å². The lowest BCUT2D eigenvalue weighted by Gasteiger charge is -2.41. The van der Waals surface area contributed by atoms with E-state index in [4.69, 9.17) is 14.9 Å². The van der Waals surface area contributed by atoms with E-state index >= 15 is 0 Å². The van der Waals surface area contributed by atoms with Gasteiger partial charge >= 0.3 is 6.09 Å². The maximum atomic E-state index is 11.9. The van der Waals surface area contributed by atoms with E-state index in [-0.39, 0.29) is 11.6 Å². The van der Waals surface area contributed by atoms with Crippen molar-refractivity contribution in [2.45, 2.75) is 293 Å². The summed E-state index contributed by atoms with van der Waals surface area (Å²) in [5.74, 6) is 64.6. The van der Waals surface area contributed by atoms with Gasteiger partial charge in [0.1, 0.15) is 5.60 Å². The van der Waals surface area contributed by atoms with Crippen molar-refractivity contribution >= 4 is 6.09 Å². The van der Waals surface area contributed by atoms with Crippen molar-refractivity contribution in [3.63, 3.8) is 0 Å². The number of likely N-dealkylation sites (tertiary alicyclic amines) is 5. The standard InChI is InChI=1S/C15H25NO2.C14H25NO.C13H24N2.C13H23N.C12H22N2.C12H21NO.C11H20N2.C10H17N.C9H12N2/c1-12(2)6-7-13-8-10-16(11-9-13)14(17)18-15(3,4)5;1-12(2)5-8-14(3,4)15-9-6-13(11-16)7-10-15;1-12(2)6-5-9-15-10-7-13(8-11-15)14(3)4;1-12(2)8-7-11-14-10-6-5-9-13(14,3)4;1-4-13-8-10-14(11-9-13)7-5-6-12(2)3;1-11(2)4-3-7-13-8-5-12(10-14)6-9-13;1-11(2)5-4-6-13-9-7-12(3)8-10-13;1-9(2)3-4-10-5-7-11-8-6-10;1-9(2)4-3-6-11-7-5-10-8-11/h12-13H,8-11H2,1-5H3;12-13,16H,6-7,9-11H2,1-4H3;12-13H,7-11H2,1-4H3;12H,5-6,9-11H2,1-4H3;12H,4,7-11H2,1-3H3;11-12,14H,5-10H2,1-2H3;11H,6-10H2,1-3H3;9-11H,5-8H2,1-2H3;5,7-9H,6H2,1-2H3. The van der Waals surface area contributed by atoms with Gasteiger partial charge < -0.3 is 44.4 Å². The molecule has 9 rings (SSSR count). The zero-order valence-electron chi connectivity index (χ0n) is 86.4. The van der Waals surface area contributed by atoms with E-state index in [9.17, 15) is 4.79 Å². The number of aliphatic hydroxyl groups excluding tert-OH is 2. The molecule has 126 heavy (non-hydrogen) atoms. The van der Waals surface area contributed by atoms with Gasteiger partial charge in [0.15, 0.2) is 0 Å². The van der Waals surface area contributed by atoms with Crippen molar-refractivity contribution in [3.05, 3.63) is 18.7 Å². The lowest BCUT2D eigenvalue weighted by atomic mass is 9.90. The molecule has 8 aliphatic heterocycles. The fraction of sp³-hybridized carbons (Fsp3) is 0.798. The number of rotatable bonds is 11. The Kier molecular flexibility index (Phi) is 64.6. The maximum Gasteiger partial charge on any atom is 0.410 e. The van der Waals surface area contributed by atoms with Crippen LogP contribution in [-0.4, -0.2) is 296 Å².